The van der Waals surface area contributed by atoms with Gasteiger partial charge in [0.25, 0.3) is 0 Å². The average molecular weight is 297 g/mol. The lowest BCUT2D eigenvalue weighted by Gasteiger charge is -2.08. The minimum atomic E-state index is -1.12. The van der Waals surface area contributed by atoms with Crippen LogP contribution >= 0.6 is 11.6 Å². The third-order valence-corrected chi connectivity index (χ3v) is 2.87. The number of carboxylic acid groups (broad SMARTS) is 1. The van der Waals surface area contributed by atoms with Gasteiger partial charge in [0.05, 0.1) is 5.02 Å². The van der Waals surface area contributed by atoms with Gasteiger partial charge >= 0.3 is 5.97 Å². The number of nitrogens with one attached hydrogen (secondary N) is 1. The van der Waals surface area contributed by atoms with Crippen molar-refractivity contribution >= 4 is 29.2 Å². The van der Waals surface area contributed by atoms with Crippen LogP contribution in [0.4, 0.5) is 10.1 Å². The second-order valence-corrected chi connectivity index (χ2v) is 4.41. The van der Waals surface area contributed by atoms with Gasteiger partial charge < -0.3 is 15.0 Å². The van der Waals surface area contributed by atoms with Gasteiger partial charge in [-0.3, -0.25) is 4.79 Å². The first-order valence-corrected chi connectivity index (χ1v) is 5.98. The molecule has 5 nitrogen and oxygen atoms in total. The number of hydrogen-bond acceptors (Lipinski definition) is 2. The Morgan fingerprint density at radius 3 is 2.75 bits per heavy atom. The lowest BCUT2D eigenvalue weighted by molar-refractivity contribution is -0.116. The Bertz CT molecular complexity index is 669. The topological polar surface area (TPSA) is 71.3 Å². The highest BCUT2D eigenvalue weighted by atomic mass is 35.5. The third kappa shape index (κ3) is 3.16. The lowest BCUT2D eigenvalue weighted by atomic mass is 10.3. The predicted molar refractivity (Wildman–Crippen MR) is 71.4 cm³/mol. The summed E-state index contributed by atoms with van der Waals surface area (Å²) in [5.74, 6) is -2.23. The Kier molecular flexibility index (Phi) is 4.05. The number of carbonyl (C=O) groups excluding carboxylic acids is 1. The molecule has 1 amide bonds. The summed E-state index contributed by atoms with van der Waals surface area (Å²) < 4.78 is 14.5. The molecule has 7 heteroatoms. The van der Waals surface area contributed by atoms with Gasteiger partial charge in [0.1, 0.15) is 18.1 Å². The first-order valence-electron chi connectivity index (χ1n) is 5.60. The van der Waals surface area contributed by atoms with E-state index >= 15 is 0 Å². The molecule has 0 unspecified atom stereocenters. The number of nitrogens with zero attached hydrogens (tertiary/aromatic N) is 1. The third-order valence-electron chi connectivity index (χ3n) is 2.57. The number of aromatic nitrogens is 1. The number of carbonyl (C=O) groups is 2. The largest absolute Gasteiger partial charge is 0.477 e. The maximum Gasteiger partial charge on any atom is 0.352 e. The van der Waals surface area contributed by atoms with Gasteiger partial charge in [-0.1, -0.05) is 11.6 Å². The smallest absolute Gasteiger partial charge is 0.352 e. The van der Waals surface area contributed by atoms with Crippen molar-refractivity contribution in [3.8, 4) is 0 Å². The van der Waals surface area contributed by atoms with Gasteiger partial charge in [-0.25, -0.2) is 9.18 Å². The van der Waals surface area contributed by atoms with Gasteiger partial charge in [-0.05, 0) is 30.3 Å². The van der Waals surface area contributed by atoms with E-state index in [1.165, 1.54) is 35.0 Å². The molecule has 0 spiro atoms. The van der Waals surface area contributed by atoms with Crippen LogP contribution in [0.3, 0.4) is 0 Å². The molecule has 1 aromatic carbocycles. The standard InChI is InChI=1S/C13H10ClFN2O3/c14-9-4-3-8(6-10(9)15)16-12(18)7-17-5-1-2-11(17)13(19)20/h1-6H,7H2,(H,16,18)(H,19,20). The molecule has 0 saturated carbocycles. The molecule has 1 heterocycles. The van der Waals surface area contributed by atoms with Crippen LogP contribution in [0.1, 0.15) is 10.5 Å². The predicted octanol–water partition coefficient (Wildman–Crippen LogP) is 2.62. The molecular weight excluding hydrogens is 287 g/mol. The summed E-state index contributed by atoms with van der Waals surface area (Å²) in [5, 5.41) is 11.3. The fourth-order valence-electron chi connectivity index (χ4n) is 1.68. The number of anilines is 1. The molecule has 0 atom stereocenters. The minimum Gasteiger partial charge on any atom is -0.477 e. The van der Waals surface area contributed by atoms with Crippen molar-refractivity contribution in [1.82, 2.24) is 4.57 Å². The van der Waals surface area contributed by atoms with E-state index in [1.807, 2.05) is 0 Å². The molecule has 2 rings (SSSR count). The number of aromatic carboxylic acids is 1. The van der Waals surface area contributed by atoms with Crippen molar-refractivity contribution in [2.24, 2.45) is 0 Å². The van der Waals surface area contributed by atoms with Crippen molar-refractivity contribution in [3.05, 3.63) is 53.1 Å². The van der Waals surface area contributed by atoms with E-state index in [4.69, 9.17) is 16.7 Å². The molecule has 0 radical (unpaired) electrons. The van der Waals surface area contributed by atoms with Crippen molar-refractivity contribution < 1.29 is 19.1 Å². The second-order valence-electron chi connectivity index (χ2n) is 4.00. The van der Waals surface area contributed by atoms with Crippen LogP contribution in [0.5, 0.6) is 0 Å². The first kappa shape index (κ1) is 14.1. The fourth-order valence-corrected chi connectivity index (χ4v) is 1.79. The molecule has 1 aromatic heterocycles. The average Bonchev–Trinajstić information content (AvgIpc) is 2.82. The van der Waals surface area contributed by atoms with Crippen LogP contribution in [-0.2, 0) is 11.3 Å². The molecule has 0 fully saturated rings. The summed E-state index contributed by atoms with van der Waals surface area (Å²) in [5.41, 5.74) is 0.253. The molecule has 2 aromatic rings. The Morgan fingerprint density at radius 1 is 1.35 bits per heavy atom. The number of rotatable bonds is 4. The Hall–Kier alpha value is -2.34. The van der Waals surface area contributed by atoms with E-state index in [2.05, 4.69) is 5.32 Å². The zero-order valence-electron chi connectivity index (χ0n) is 10.1. The minimum absolute atomic E-state index is 0.00226. The van der Waals surface area contributed by atoms with Crippen LogP contribution < -0.4 is 5.32 Å². The number of hydrogen-bond donors (Lipinski definition) is 2. The van der Waals surface area contributed by atoms with Crippen LogP contribution in [0.25, 0.3) is 0 Å². The van der Waals surface area contributed by atoms with Gasteiger partial charge in [0.2, 0.25) is 5.91 Å². The van der Waals surface area contributed by atoms with Gasteiger partial charge in [0.15, 0.2) is 0 Å². The summed E-state index contributed by atoms with van der Waals surface area (Å²) >= 11 is 5.53. The quantitative estimate of drug-likeness (QED) is 0.911. The highest BCUT2D eigenvalue weighted by Crippen LogP contribution is 2.18. The summed E-state index contributed by atoms with van der Waals surface area (Å²) in [6.07, 6.45) is 1.48. The Morgan fingerprint density at radius 2 is 2.10 bits per heavy atom. The lowest BCUT2D eigenvalue weighted by Crippen LogP contribution is -2.20. The van der Waals surface area contributed by atoms with Crippen LogP contribution in [0, 0.1) is 5.82 Å². The first-order chi connectivity index (χ1) is 9.47. The van der Waals surface area contributed by atoms with E-state index in [0.29, 0.717) is 0 Å². The maximum atomic E-state index is 13.2. The molecule has 0 aliphatic carbocycles. The highest BCUT2D eigenvalue weighted by Gasteiger charge is 2.12. The normalized spacial score (nSPS) is 10.3. The van der Waals surface area contributed by atoms with Gasteiger partial charge in [0, 0.05) is 11.9 Å². The van der Waals surface area contributed by atoms with Crippen molar-refractivity contribution in [3.63, 3.8) is 0 Å². The van der Waals surface area contributed by atoms with Gasteiger partial charge in [-0.2, -0.15) is 0 Å². The SMILES string of the molecule is O=C(Cn1cccc1C(=O)O)Nc1ccc(Cl)c(F)c1. The van der Waals surface area contributed by atoms with E-state index < -0.39 is 17.7 Å². The molecule has 0 aliphatic heterocycles. The summed E-state index contributed by atoms with van der Waals surface area (Å²) in [4.78, 5) is 22.7. The summed E-state index contributed by atoms with van der Waals surface area (Å²) in [6, 6.07) is 6.78. The van der Waals surface area contributed by atoms with Gasteiger partial charge in [-0.15, -0.1) is 0 Å². The molecule has 0 bridgehead atoms. The monoisotopic (exact) mass is 296 g/mol. The number of carboxylic acids is 1. The highest BCUT2D eigenvalue weighted by molar-refractivity contribution is 6.30. The molecule has 0 saturated heterocycles. The summed E-state index contributed by atoms with van der Waals surface area (Å²) in [7, 11) is 0. The van der Waals surface area contributed by atoms with E-state index in [-0.39, 0.29) is 22.9 Å². The molecule has 104 valence electrons. The second kappa shape index (κ2) is 5.75. The van der Waals surface area contributed by atoms with Crippen molar-refractivity contribution in [2.75, 3.05) is 5.32 Å². The number of benzene rings is 1. The number of halogens is 2. The van der Waals surface area contributed by atoms with Crippen LogP contribution in [-0.4, -0.2) is 21.6 Å². The fraction of sp³-hybridized carbons (Fsp3) is 0.0769. The van der Waals surface area contributed by atoms with Crippen molar-refractivity contribution in [1.29, 1.82) is 0 Å². The molecule has 20 heavy (non-hydrogen) atoms. The number of amides is 1. The Balaban J connectivity index is 2.07. The maximum absolute atomic E-state index is 13.2. The van der Waals surface area contributed by atoms with E-state index in [9.17, 15) is 14.0 Å². The zero-order valence-corrected chi connectivity index (χ0v) is 10.9. The molecule has 2 N–H and O–H groups in total. The van der Waals surface area contributed by atoms with Crippen molar-refractivity contribution in [2.45, 2.75) is 6.54 Å². The zero-order chi connectivity index (χ0) is 14.7. The van der Waals surface area contributed by atoms with Crippen LogP contribution in [0.15, 0.2) is 36.5 Å². The van der Waals surface area contributed by atoms with E-state index in [1.54, 1.807) is 0 Å². The Labute approximate surface area is 118 Å². The summed E-state index contributed by atoms with van der Waals surface area (Å²) in [6.45, 7) is -0.182. The van der Waals surface area contributed by atoms with Crippen LogP contribution in [0.2, 0.25) is 5.02 Å². The molecule has 0 aliphatic rings. The molecular formula is C13H10ClFN2O3. The van der Waals surface area contributed by atoms with E-state index in [0.717, 1.165) is 6.07 Å².